The normalized spacial score (nSPS) is 17.1. The zero-order valence-corrected chi connectivity index (χ0v) is 11.3. The molecule has 0 saturated carbocycles. The highest BCUT2D eigenvalue weighted by atomic mass is 19.1. The van der Waals surface area contributed by atoms with E-state index in [-0.39, 0.29) is 5.56 Å². The van der Waals surface area contributed by atoms with Crippen molar-refractivity contribution in [2.45, 2.75) is 19.3 Å². The van der Waals surface area contributed by atoms with Crippen LogP contribution in [0.25, 0.3) is 0 Å². The Morgan fingerprint density at radius 2 is 2.16 bits per heavy atom. The first-order valence-electron chi connectivity index (χ1n) is 6.81. The fraction of sp³-hybridized carbons (Fsp3) is 0.533. The third kappa shape index (κ3) is 3.68. The molecule has 4 heteroatoms. The highest BCUT2D eigenvalue weighted by Gasteiger charge is 2.16. The predicted octanol–water partition coefficient (Wildman–Crippen LogP) is 2.84. The maximum absolute atomic E-state index is 13.4. The Morgan fingerprint density at radius 1 is 1.42 bits per heavy atom. The summed E-state index contributed by atoms with van der Waals surface area (Å²) in [5.41, 5.74) is 0.723. The van der Waals surface area contributed by atoms with Gasteiger partial charge in [0.2, 0.25) is 0 Å². The topological polar surface area (TPSA) is 39.1 Å². The molecule has 1 saturated heterocycles. The number of hydrogen-bond acceptors (Lipinski definition) is 3. The number of benzene rings is 1. The van der Waals surface area contributed by atoms with E-state index in [9.17, 15) is 4.39 Å². The first kappa shape index (κ1) is 13.8. The molecule has 3 nitrogen and oxygen atoms in total. The van der Waals surface area contributed by atoms with Crippen molar-refractivity contribution >= 4 is 5.69 Å². The summed E-state index contributed by atoms with van der Waals surface area (Å²) in [5, 5.41) is 12.1. The number of nitriles is 1. The van der Waals surface area contributed by atoms with Crippen molar-refractivity contribution in [3.05, 3.63) is 29.6 Å². The average molecular weight is 261 g/mol. The van der Waals surface area contributed by atoms with E-state index in [1.807, 2.05) is 6.07 Å². The molecule has 0 atom stereocenters. The zero-order chi connectivity index (χ0) is 13.7. The third-order valence-corrected chi connectivity index (χ3v) is 3.83. The summed E-state index contributed by atoms with van der Waals surface area (Å²) in [5.74, 6) is 0.287. The molecule has 0 aliphatic carbocycles. The lowest BCUT2D eigenvalue weighted by atomic mass is 9.94. The molecule has 2 rings (SSSR count). The van der Waals surface area contributed by atoms with Crippen LogP contribution in [0.5, 0.6) is 0 Å². The van der Waals surface area contributed by atoms with Crippen LogP contribution in [0, 0.1) is 23.1 Å². The smallest absolute Gasteiger partial charge is 0.143 e. The van der Waals surface area contributed by atoms with Gasteiger partial charge < -0.3 is 10.2 Å². The van der Waals surface area contributed by atoms with Crippen LogP contribution in [0.1, 0.15) is 24.8 Å². The standard InChI is InChI=1S/C15H20FN3/c1-19-9-6-12(7-10-19)5-8-18-15-4-2-3-14(16)13(15)11-17/h2-4,12,18H,5-10H2,1H3. The van der Waals surface area contributed by atoms with Gasteiger partial charge in [-0.25, -0.2) is 4.39 Å². The summed E-state index contributed by atoms with van der Waals surface area (Å²) < 4.78 is 13.4. The minimum absolute atomic E-state index is 0.117. The van der Waals surface area contributed by atoms with Crippen LogP contribution in [0.3, 0.4) is 0 Å². The highest BCUT2D eigenvalue weighted by molar-refractivity contribution is 5.57. The second-order valence-electron chi connectivity index (χ2n) is 5.24. The Hall–Kier alpha value is -1.60. The number of likely N-dealkylation sites (tertiary alicyclic amines) is 1. The molecule has 0 amide bonds. The van der Waals surface area contributed by atoms with Crippen molar-refractivity contribution < 1.29 is 4.39 Å². The largest absolute Gasteiger partial charge is 0.384 e. The van der Waals surface area contributed by atoms with Crippen LogP contribution in [-0.2, 0) is 0 Å². The van der Waals surface area contributed by atoms with Crippen LogP contribution >= 0.6 is 0 Å². The molecular formula is C15H20FN3. The van der Waals surface area contributed by atoms with E-state index in [1.54, 1.807) is 12.1 Å². The van der Waals surface area contributed by atoms with E-state index in [0.29, 0.717) is 5.69 Å². The number of piperidine rings is 1. The predicted molar refractivity (Wildman–Crippen MR) is 74.4 cm³/mol. The number of halogens is 1. The summed E-state index contributed by atoms with van der Waals surface area (Å²) in [6.45, 7) is 3.12. The first-order chi connectivity index (χ1) is 9.20. The van der Waals surface area contributed by atoms with Gasteiger partial charge in [-0.1, -0.05) is 6.07 Å². The molecule has 1 heterocycles. The Morgan fingerprint density at radius 3 is 2.84 bits per heavy atom. The van der Waals surface area contributed by atoms with Gasteiger partial charge >= 0.3 is 0 Å². The molecule has 1 fully saturated rings. The van der Waals surface area contributed by atoms with Crippen molar-refractivity contribution in [1.82, 2.24) is 4.90 Å². The van der Waals surface area contributed by atoms with Crippen LogP contribution in [0.4, 0.5) is 10.1 Å². The molecule has 0 unspecified atom stereocenters. The maximum atomic E-state index is 13.4. The van der Waals surface area contributed by atoms with Crippen molar-refractivity contribution in [3.8, 4) is 6.07 Å². The number of rotatable bonds is 4. The van der Waals surface area contributed by atoms with Gasteiger partial charge in [-0.15, -0.1) is 0 Å². The molecule has 19 heavy (non-hydrogen) atoms. The minimum Gasteiger partial charge on any atom is -0.384 e. The quantitative estimate of drug-likeness (QED) is 0.906. The summed E-state index contributed by atoms with van der Waals surface area (Å²) >= 11 is 0. The lowest BCUT2D eigenvalue weighted by Crippen LogP contribution is -2.30. The fourth-order valence-electron chi connectivity index (χ4n) is 2.55. The van der Waals surface area contributed by atoms with Gasteiger partial charge in [-0.3, -0.25) is 0 Å². The van der Waals surface area contributed by atoms with Crippen LogP contribution in [0.2, 0.25) is 0 Å². The van der Waals surface area contributed by atoms with Crippen molar-refractivity contribution in [1.29, 1.82) is 5.26 Å². The third-order valence-electron chi connectivity index (χ3n) is 3.83. The molecule has 0 aromatic heterocycles. The van der Waals surface area contributed by atoms with Gasteiger partial charge in [0.05, 0.1) is 5.69 Å². The van der Waals surface area contributed by atoms with Crippen molar-refractivity contribution in [2.75, 3.05) is 32.0 Å². The number of anilines is 1. The highest BCUT2D eigenvalue weighted by Crippen LogP contribution is 2.21. The van der Waals surface area contributed by atoms with Crippen molar-refractivity contribution in [2.24, 2.45) is 5.92 Å². The van der Waals surface area contributed by atoms with E-state index in [2.05, 4.69) is 17.3 Å². The molecule has 0 bridgehead atoms. The molecule has 1 aromatic rings. The van der Waals surface area contributed by atoms with E-state index < -0.39 is 5.82 Å². The fourth-order valence-corrected chi connectivity index (χ4v) is 2.55. The Balaban J connectivity index is 1.83. The van der Waals surface area contributed by atoms with Crippen LogP contribution in [0.15, 0.2) is 18.2 Å². The number of hydrogen-bond donors (Lipinski definition) is 1. The molecule has 1 aliphatic heterocycles. The maximum Gasteiger partial charge on any atom is 0.143 e. The Labute approximate surface area is 114 Å². The summed E-state index contributed by atoms with van der Waals surface area (Å²) in [4.78, 5) is 2.35. The summed E-state index contributed by atoms with van der Waals surface area (Å²) in [6, 6.07) is 6.63. The van der Waals surface area contributed by atoms with Gasteiger partial charge in [0.1, 0.15) is 17.4 Å². The monoisotopic (exact) mass is 261 g/mol. The van der Waals surface area contributed by atoms with Gasteiger partial charge in [0.25, 0.3) is 0 Å². The lowest BCUT2D eigenvalue weighted by molar-refractivity contribution is 0.215. The van der Waals surface area contributed by atoms with E-state index in [4.69, 9.17) is 5.26 Å². The first-order valence-corrected chi connectivity index (χ1v) is 6.81. The van der Waals surface area contributed by atoms with E-state index in [1.165, 1.54) is 18.9 Å². The molecule has 1 aromatic carbocycles. The van der Waals surface area contributed by atoms with E-state index >= 15 is 0 Å². The van der Waals surface area contributed by atoms with Gasteiger partial charge in [-0.05, 0) is 57.5 Å². The zero-order valence-electron chi connectivity index (χ0n) is 11.3. The van der Waals surface area contributed by atoms with Crippen LogP contribution < -0.4 is 5.32 Å². The lowest BCUT2D eigenvalue weighted by Gasteiger charge is -2.29. The molecule has 1 N–H and O–H groups in total. The molecular weight excluding hydrogens is 241 g/mol. The van der Waals surface area contributed by atoms with E-state index in [0.717, 1.165) is 32.0 Å². The Bertz CT molecular complexity index is 459. The summed E-state index contributed by atoms with van der Waals surface area (Å²) in [6.07, 6.45) is 3.54. The second kappa shape index (κ2) is 6.53. The van der Waals surface area contributed by atoms with Crippen LogP contribution in [-0.4, -0.2) is 31.6 Å². The van der Waals surface area contributed by atoms with Gasteiger partial charge in [0, 0.05) is 6.54 Å². The van der Waals surface area contributed by atoms with Gasteiger partial charge in [-0.2, -0.15) is 5.26 Å². The molecule has 0 spiro atoms. The SMILES string of the molecule is CN1CCC(CCNc2cccc(F)c2C#N)CC1. The Kier molecular flexibility index (Phi) is 4.75. The average Bonchev–Trinajstić information content (AvgIpc) is 2.41. The number of nitrogens with zero attached hydrogens (tertiary/aromatic N) is 2. The second-order valence-corrected chi connectivity index (χ2v) is 5.24. The molecule has 1 aliphatic rings. The minimum atomic E-state index is -0.452. The molecule has 102 valence electrons. The van der Waals surface area contributed by atoms with Crippen molar-refractivity contribution in [3.63, 3.8) is 0 Å². The van der Waals surface area contributed by atoms with Gasteiger partial charge in [0.15, 0.2) is 0 Å². The molecule has 0 radical (unpaired) electrons. The summed E-state index contributed by atoms with van der Waals surface area (Å²) in [7, 11) is 2.15. The number of nitrogens with one attached hydrogen (secondary N) is 1.